The molecule has 76 valence electrons. The zero-order valence-corrected chi connectivity index (χ0v) is 11.3. The van der Waals surface area contributed by atoms with E-state index in [4.69, 9.17) is 0 Å². The monoisotopic (exact) mass is 301 g/mol. The summed E-state index contributed by atoms with van der Waals surface area (Å²) in [5.41, 5.74) is 3.17. The molecule has 1 aliphatic heterocycles. The summed E-state index contributed by atoms with van der Waals surface area (Å²) >= 11 is 2.44. The minimum atomic E-state index is 0.266. The molecule has 0 radical (unpaired) electrons. The van der Waals surface area contributed by atoms with Crippen molar-refractivity contribution in [2.24, 2.45) is 0 Å². The maximum absolute atomic E-state index is 2.44. The maximum atomic E-state index is 2.44. The molecular weight excluding hydrogens is 285 g/mol. The highest BCUT2D eigenvalue weighted by molar-refractivity contribution is 14.1. The first-order valence-electron chi connectivity index (χ1n) is 4.98. The molecule has 1 atom stereocenters. The molecule has 14 heavy (non-hydrogen) atoms. The van der Waals surface area contributed by atoms with Gasteiger partial charge in [-0.1, -0.05) is 19.9 Å². The number of likely N-dealkylation sites (N-methyl/N-ethyl adjacent to an activating group) is 1. The van der Waals surface area contributed by atoms with Gasteiger partial charge in [-0.2, -0.15) is 0 Å². The third-order valence-electron chi connectivity index (χ3n) is 3.64. The number of halogens is 1. The molecule has 0 spiro atoms. The molecule has 1 nitrogen and oxygen atoms in total. The van der Waals surface area contributed by atoms with Gasteiger partial charge in [0.15, 0.2) is 0 Å². The smallest absolute Gasteiger partial charge is 0.0415 e. The van der Waals surface area contributed by atoms with Crippen LogP contribution in [0.5, 0.6) is 0 Å². The van der Waals surface area contributed by atoms with Crippen LogP contribution in [0, 0.1) is 3.57 Å². The molecular formula is C12H16IN. The van der Waals surface area contributed by atoms with E-state index in [1.54, 1.807) is 0 Å². The molecule has 2 rings (SSSR count). The van der Waals surface area contributed by atoms with Crippen molar-refractivity contribution in [3.8, 4) is 0 Å². The van der Waals surface area contributed by atoms with E-state index in [0.717, 1.165) is 0 Å². The first-order valence-corrected chi connectivity index (χ1v) is 6.06. The SMILES string of the molecule is CC1N(C)c2cccc(I)c2C1(C)C. The van der Waals surface area contributed by atoms with Crippen LogP contribution in [0.25, 0.3) is 0 Å². The van der Waals surface area contributed by atoms with E-state index in [-0.39, 0.29) is 5.41 Å². The number of nitrogens with zero attached hydrogens (tertiary/aromatic N) is 1. The van der Waals surface area contributed by atoms with Gasteiger partial charge in [0.1, 0.15) is 0 Å². The molecule has 0 N–H and O–H groups in total. The van der Waals surface area contributed by atoms with Crippen molar-refractivity contribution in [3.05, 3.63) is 27.3 Å². The van der Waals surface area contributed by atoms with Gasteiger partial charge in [-0.25, -0.2) is 0 Å². The van der Waals surface area contributed by atoms with Crippen molar-refractivity contribution in [1.29, 1.82) is 0 Å². The zero-order valence-electron chi connectivity index (χ0n) is 9.13. The van der Waals surface area contributed by atoms with Crippen LogP contribution in [-0.4, -0.2) is 13.1 Å². The minimum Gasteiger partial charge on any atom is -0.371 e. The highest BCUT2D eigenvalue weighted by atomic mass is 127. The number of rotatable bonds is 0. The van der Waals surface area contributed by atoms with E-state index in [1.165, 1.54) is 14.8 Å². The van der Waals surface area contributed by atoms with E-state index in [0.29, 0.717) is 6.04 Å². The highest BCUT2D eigenvalue weighted by Crippen LogP contribution is 2.45. The third-order valence-corrected chi connectivity index (χ3v) is 4.54. The van der Waals surface area contributed by atoms with Crippen molar-refractivity contribution < 1.29 is 0 Å². The van der Waals surface area contributed by atoms with Crippen LogP contribution in [0.15, 0.2) is 18.2 Å². The molecule has 1 heterocycles. The fraction of sp³-hybridized carbons (Fsp3) is 0.500. The van der Waals surface area contributed by atoms with E-state index in [9.17, 15) is 0 Å². The highest BCUT2D eigenvalue weighted by Gasteiger charge is 2.41. The minimum absolute atomic E-state index is 0.266. The van der Waals surface area contributed by atoms with E-state index in [1.807, 2.05) is 0 Å². The summed E-state index contributed by atoms with van der Waals surface area (Å²) in [4.78, 5) is 2.39. The van der Waals surface area contributed by atoms with Gasteiger partial charge in [0, 0.05) is 27.8 Å². The van der Waals surface area contributed by atoms with Crippen LogP contribution < -0.4 is 4.90 Å². The normalized spacial score (nSPS) is 23.8. The first-order chi connectivity index (χ1) is 6.46. The van der Waals surface area contributed by atoms with Crippen LogP contribution >= 0.6 is 22.6 Å². The van der Waals surface area contributed by atoms with Gasteiger partial charge in [0.25, 0.3) is 0 Å². The van der Waals surface area contributed by atoms with Crippen molar-refractivity contribution in [1.82, 2.24) is 0 Å². The number of hydrogen-bond acceptors (Lipinski definition) is 1. The first kappa shape index (κ1) is 10.3. The average Bonchev–Trinajstić information content (AvgIpc) is 2.29. The Morgan fingerprint density at radius 3 is 2.57 bits per heavy atom. The topological polar surface area (TPSA) is 3.24 Å². The quantitative estimate of drug-likeness (QED) is 0.664. The summed E-state index contributed by atoms with van der Waals surface area (Å²) in [7, 11) is 2.19. The van der Waals surface area contributed by atoms with Gasteiger partial charge in [-0.05, 0) is 47.2 Å². The van der Waals surface area contributed by atoms with Crippen molar-refractivity contribution in [3.63, 3.8) is 0 Å². The molecule has 1 unspecified atom stereocenters. The van der Waals surface area contributed by atoms with E-state index >= 15 is 0 Å². The second-order valence-corrected chi connectivity index (χ2v) is 5.80. The molecule has 1 aromatic rings. The second kappa shape index (κ2) is 3.12. The molecule has 0 saturated carbocycles. The lowest BCUT2D eigenvalue weighted by Gasteiger charge is -2.28. The Hall–Kier alpha value is -0.250. The van der Waals surface area contributed by atoms with Gasteiger partial charge in [0.05, 0.1) is 0 Å². The fourth-order valence-corrected chi connectivity index (χ4v) is 3.53. The predicted octanol–water partition coefficient (Wildman–Crippen LogP) is 3.41. The summed E-state index contributed by atoms with van der Waals surface area (Å²) in [6.45, 7) is 6.97. The Labute approximate surface area is 99.6 Å². The number of fused-ring (bicyclic) bond motifs is 1. The third kappa shape index (κ3) is 1.19. The molecule has 0 aliphatic carbocycles. The molecule has 0 saturated heterocycles. The molecule has 2 heteroatoms. The Balaban J connectivity index is 2.69. The summed E-state index contributed by atoms with van der Waals surface area (Å²) in [6, 6.07) is 7.15. The largest absolute Gasteiger partial charge is 0.371 e. The van der Waals surface area contributed by atoms with Crippen molar-refractivity contribution in [2.45, 2.75) is 32.2 Å². The Morgan fingerprint density at radius 2 is 2.00 bits per heavy atom. The van der Waals surface area contributed by atoms with Crippen LogP contribution in [0.1, 0.15) is 26.3 Å². The van der Waals surface area contributed by atoms with Gasteiger partial charge < -0.3 is 4.90 Å². The molecule has 1 aliphatic rings. The maximum Gasteiger partial charge on any atom is 0.0415 e. The number of hydrogen-bond donors (Lipinski definition) is 0. The van der Waals surface area contributed by atoms with Gasteiger partial charge in [-0.15, -0.1) is 0 Å². The molecule has 0 aromatic heterocycles. The lowest BCUT2D eigenvalue weighted by atomic mass is 9.81. The number of anilines is 1. The molecule has 0 fully saturated rings. The van der Waals surface area contributed by atoms with Gasteiger partial charge in [-0.3, -0.25) is 0 Å². The van der Waals surface area contributed by atoms with Crippen LogP contribution in [0.4, 0.5) is 5.69 Å². The average molecular weight is 301 g/mol. The molecule has 0 amide bonds. The lowest BCUT2D eigenvalue weighted by Crippen LogP contribution is -2.36. The van der Waals surface area contributed by atoms with Crippen LogP contribution in [0.2, 0.25) is 0 Å². The van der Waals surface area contributed by atoms with Gasteiger partial charge >= 0.3 is 0 Å². The summed E-state index contributed by atoms with van der Waals surface area (Å²) in [5.74, 6) is 0. The Morgan fingerprint density at radius 1 is 1.36 bits per heavy atom. The van der Waals surface area contributed by atoms with E-state index < -0.39 is 0 Å². The molecule has 0 bridgehead atoms. The van der Waals surface area contributed by atoms with Gasteiger partial charge in [0.2, 0.25) is 0 Å². The summed E-state index contributed by atoms with van der Waals surface area (Å²) in [6.07, 6.45) is 0. The standard InChI is InChI=1S/C12H16IN/c1-8-12(2,3)11-9(13)6-5-7-10(11)14(8)4/h5-8H,1-4H3. The number of benzene rings is 1. The van der Waals surface area contributed by atoms with Crippen molar-refractivity contribution >= 4 is 28.3 Å². The van der Waals surface area contributed by atoms with Crippen LogP contribution in [-0.2, 0) is 5.41 Å². The van der Waals surface area contributed by atoms with Crippen LogP contribution in [0.3, 0.4) is 0 Å². The second-order valence-electron chi connectivity index (χ2n) is 4.64. The fourth-order valence-electron chi connectivity index (χ4n) is 2.35. The summed E-state index contributed by atoms with van der Waals surface area (Å²) < 4.78 is 1.39. The Kier molecular flexibility index (Phi) is 2.29. The summed E-state index contributed by atoms with van der Waals surface area (Å²) in [5, 5.41) is 0. The van der Waals surface area contributed by atoms with E-state index in [2.05, 4.69) is 73.5 Å². The Bertz CT molecular complexity index is 371. The zero-order chi connectivity index (χ0) is 10.5. The molecule has 1 aromatic carbocycles. The van der Waals surface area contributed by atoms with Crippen molar-refractivity contribution in [2.75, 3.05) is 11.9 Å². The predicted molar refractivity (Wildman–Crippen MR) is 70.1 cm³/mol. The lowest BCUT2D eigenvalue weighted by molar-refractivity contribution is 0.453.